The third kappa shape index (κ3) is 3.20. The van der Waals surface area contributed by atoms with Crippen LogP contribution >= 0.6 is 0 Å². The van der Waals surface area contributed by atoms with Crippen molar-refractivity contribution in [2.75, 3.05) is 20.1 Å². The molecule has 2 heterocycles. The highest BCUT2D eigenvalue weighted by Gasteiger charge is 2.40. The van der Waals surface area contributed by atoms with Crippen LogP contribution in [-0.4, -0.2) is 41.1 Å². The highest BCUT2D eigenvalue weighted by molar-refractivity contribution is 5.80. The lowest BCUT2D eigenvalue weighted by atomic mass is 9.66. The first-order valence-corrected chi connectivity index (χ1v) is 9.53. The second-order valence-corrected chi connectivity index (χ2v) is 7.45. The molecule has 1 N–H and O–H groups in total. The van der Waals surface area contributed by atoms with Gasteiger partial charge in [0.2, 0.25) is 5.89 Å². The fourth-order valence-electron chi connectivity index (χ4n) is 4.64. The van der Waals surface area contributed by atoms with Crippen LogP contribution in [0.25, 0.3) is 0 Å². The molecule has 1 aliphatic heterocycles. The van der Waals surface area contributed by atoms with Crippen LogP contribution in [0, 0.1) is 6.92 Å². The summed E-state index contributed by atoms with van der Waals surface area (Å²) >= 11 is 0. The van der Waals surface area contributed by atoms with Crippen molar-refractivity contribution in [2.24, 2.45) is 4.99 Å². The van der Waals surface area contributed by atoms with Crippen molar-refractivity contribution < 1.29 is 4.52 Å². The number of hydrogen-bond donors (Lipinski definition) is 1. The zero-order chi connectivity index (χ0) is 18.0. The fourth-order valence-corrected chi connectivity index (χ4v) is 4.64. The topological polar surface area (TPSA) is 66.5 Å². The predicted molar refractivity (Wildman–Crippen MR) is 101 cm³/mol. The SMILES string of the molecule is CN=C(NCc1nc(C)no1)N1CCCC2(CCCc3ccccc32)C1. The van der Waals surface area contributed by atoms with Crippen LogP contribution in [0.1, 0.15) is 48.5 Å². The van der Waals surface area contributed by atoms with Gasteiger partial charge in [-0.1, -0.05) is 29.4 Å². The molecule has 4 rings (SSSR count). The normalized spacial score (nSPS) is 23.2. The number of nitrogens with zero attached hydrogens (tertiary/aromatic N) is 4. The van der Waals surface area contributed by atoms with E-state index in [-0.39, 0.29) is 5.41 Å². The van der Waals surface area contributed by atoms with E-state index in [4.69, 9.17) is 4.52 Å². The second-order valence-electron chi connectivity index (χ2n) is 7.45. The number of aryl methyl sites for hydroxylation is 2. The molecule has 1 aromatic carbocycles. The molecular formula is C20H27N5O. The van der Waals surface area contributed by atoms with Crippen molar-refractivity contribution in [3.05, 3.63) is 47.1 Å². The van der Waals surface area contributed by atoms with E-state index >= 15 is 0 Å². The molecule has 0 bridgehead atoms. The number of aliphatic imine (C=N–C) groups is 1. The second kappa shape index (κ2) is 7.09. The summed E-state index contributed by atoms with van der Waals surface area (Å²) in [6.45, 7) is 4.39. The van der Waals surface area contributed by atoms with E-state index in [0.29, 0.717) is 18.3 Å². The first kappa shape index (κ1) is 17.1. The third-order valence-electron chi connectivity index (χ3n) is 5.75. The Hall–Kier alpha value is -2.37. The Balaban J connectivity index is 1.51. The average Bonchev–Trinajstić information content (AvgIpc) is 3.08. The average molecular weight is 353 g/mol. The lowest BCUT2D eigenvalue weighted by Gasteiger charge is -2.47. The Morgan fingerprint density at radius 2 is 2.15 bits per heavy atom. The van der Waals surface area contributed by atoms with Crippen molar-refractivity contribution in [1.29, 1.82) is 0 Å². The molecule has 0 amide bonds. The predicted octanol–water partition coefficient (Wildman–Crippen LogP) is 2.82. The Bertz CT molecular complexity index is 799. The van der Waals surface area contributed by atoms with Gasteiger partial charge < -0.3 is 14.7 Å². The molecule has 26 heavy (non-hydrogen) atoms. The molecule has 1 aromatic heterocycles. The summed E-state index contributed by atoms with van der Waals surface area (Å²) in [6, 6.07) is 9.01. The van der Waals surface area contributed by atoms with Gasteiger partial charge in [-0.3, -0.25) is 4.99 Å². The number of rotatable bonds is 2. The number of aromatic nitrogens is 2. The number of nitrogens with one attached hydrogen (secondary N) is 1. The molecule has 1 atom stereocenters. The van der Waals surface area contributed by atoms with Crippen LogP contribution in [0.5, 0.6) is 0 Å². The van der Waals surface area contributed by atoms with Crippen LogP contribution < -0.4 is 5.32 Å². The quantitative estimate of drug-likeness (QED) is 0.664. The molecule has 0 saturated carbocycles. The van der Waals surface area contributed by atoms with Crippen molar-refractivity contribution in [3.63, 3.8) is 0 Å². The number of likely N-dealkylation sites (tertiary alicyclic amines) is 1. The molecule has 6 nitrogen and oxygen atoms in total. The van der Waals surface area contributed by atoms with Gasteiger partial charge >= 0.3 is 0 Å². The summed E-state index contributed by atoms with van der Waals surface area (Å²) in [6.07, 6.45) is 6.20. The van der Waals surface area contributed by atoms with Crippen LogP contribution in [0.3, 0.4) is 0 Å². The summed E-state index contributed by atoms with van der Waals surface area (Å²) in [5.41, 5.74) is 3.34. The van der Waals surface area contributed by atoms with Crippen molar-refractivity contribution in [3.8, 4) is 0 Å². The van der Waals surface area contributed by atoms with E-state index in [2.05, 4.69) is 49.6 Å². The Morgan fingerprint density at radius 3 is 2.96 bits per heavy atom. The van der Waals surface area contributed by atoms with E-state index in [1.165, 1.54) is 37.7 Å². The highest BCUT2D eigenvalue weighted by atomic mass is 16.5. The minimum atomic E-state index is 0.256. The number of hydrogen-bond acceptors (Lipinski definition) is 4. The van der Waals surface area contributed by atoms with Crippen LogP contribution in [0.2, 0.25) is 0 Å². The van der Waals surface area contributed by atoms with Gasteiger partial charge in [0, 0.05) is 25.6 Å². The molecule has 1 saturated heterocycles. The van der Waals surface area contributed by atoms with Gasteiger partial charge in [-0.05, 0) is 50.2 Å². The van der Waals surface area contributed by atoms with E-state index in [9.17, 15) is 0 Å². The van der Waals surface area contributed by atoms with E-state index in [1.807, 2.05) is 14.0 Å². The van der Waals surface area contributed by atoms with Crippen LogP contribution in [0.15, 0.2) is 33.8 Å². The highest BCUT2D eigenvalue weighted by Crippen LogP contribution is 2.43. The van der Waals surface area contributed by atoms with Gasteiger partial charge in [-0.2, -0.15) is 4.98 Å². The molecule has 1 unspecified atom stereocenters. The summed E-state index contributed by atoms with van der Waals surface area (Å²) in [5, 5.41) is 7.24. The lowest BCUT2D eigenvalue weighted by Crippen LogP contribution is -2.53. The van der Waals surface area contributed by atoms with E-state index < -0.39 is 0 Å². The first-order chi connectivity index (χ1) is 12.7. The minimum Gasteiger partial charge on any atom is -0.347 e. The summed E-state index contributed by atoms with van der Waals surface area (Å²) in [4.78, 5) is 11.2. The maximum Gasteiger partial charge on any atom is 0.246 e. The molecule has 2 aliphatic rings. The zero-order valence-electron chi connectivity index (χ0n) is 15.7. The molecule has 6 heteroatoms. The Labute approximate surface area is 154 Å². The fraction of sp³-hybridized carbons (Fsp3) is 0.550. The van der Waals surface area contributed by atoms with Gasteiger partial charge in [0.15, 0.2) is 11.8 Å². The van der Waals surface area contributed by atoms with Crippen molar-refractivity contribution in [1.82, 2.24) is 20.4 Å². The van der Waals surface area contributed by atoms with E-state index in [1.54, 1.807) is 5.56 Å². The molecule has 1 fully saturated rings. The van der Waals surface area contributed by atoms with Crippen LogP contribution in [0.4, 0.5) is 0 Å². The van der Waals surface area contributed by atoms with Gasteiger partial charge in [-0.25, -0.2) is 0 Å². The maximum absolute atomic E-state index is 5.21. The largest absolute Gasteiger partial charge is 0.347 e. The standard InChI is InChI=1S/C20H27N5O/c1-15-23-18(26-24-15)13-22-19(21-2)25-12-6-11-20(14-25)10-5-8-16-7-3-4-9-17(16)20/h3-4,7,9H,5-6,8,10-14H2,1-2H3,(H,21,22). The number of fused-ring (bicyclic) bond motifs is 2. The first-order valence-electron chi connectivity index (χ1n) is 9.53. The maximum atomic E-state index is 5.21. The monoisotopic (exact) mass is 353 g/mol. The molecular weight excluding hydrogens is 326 g/mol. The molecule has 1 aliphatic carbocycles. The Morgan fingerprint density at radius 1 is 1.31 bits per heavy atom. The molecule has 2 aromatic rings. The van der Waals surface area contributed by atoms with Gasteiger partial charge in [0.1, 0.15) is 0 Å². The lowest BCUT2D eigenvalue weighted by molar-refractivity contribution is 0.188. The number of benzene rings is 1. The van der Waals surface area contributed by atoms with Crippen molar-refractivity contribution in [2.45, 2.75) is 51.0 Å². The minimum absolute atomic E-state index is 0.256. The number of guanidine groups is 1. The molecule has 0 radical (unpaired) electrons. The Kier molecular flexibility index (Phi) is 4.66. The summed E-state index contributed by atoms with van der Waals surface area (Å²) in [5.74, 6) is 2.17. The third-order valence-corrected chi connectivity index (χ3v) is 5.75. The van der Waals surface area contributed by atoms with Gasteiger partial charge in [0.05, 0.1) is 6.54 Å². The molecule has 1 spiro atoms. The summed E-state index contributed by atoms with van der Waals surface area (Å²) < 4.78 is 5.21. The molecule has 138 valence electrons. The van der Waals surface area contributed by atoms with Crippen molar-refractivity contribution >= 4 is 5.96 Å². The van der Waals surface area contributed by atoms with E-state index in [0.717, 1.165) is 19.0 Å². The number of piperidine rings is 1. The zero-order valence-corrected chi connectivity index (χ0v) is 15.7. The smallest absolute Gasteiger partial charge is 0.246 e. The summed E-state index contributed by atoms with van der Waals surface area (Å²) in [7, 11) is 1.84. The van der Waals surface area contributed by atoms with Crippen LogP contribution in [-0.2, 0) is 18.4 Å². The van der Waals surface area contributed by atoms with Gasteiger partial charge in [0.25, 0.3) is 0 Å². The van der Waals surface area contributed by atoms with Gasteiger partial charge in [-0.15, -0.1) is 0 Å².